The van der Waals surface area contributed by atoms with E-state index >= 15 is 0 Å². The van der Waals surface area contributed by atoms with Gasteiger partial charge in [0.15, 0.2) is 0 Å². The first-order chi connectivity index (χ1) is 10.0. The standard InChI is InChI=1S/C14H16Br2N2O3/c1-2-21-14(20)18-5-3-17(4-6-18)13(19)10-7-11(15)9-12(16)8-10/h7-9H,2-6H2,1H3. The summed E-state index contributed by atoms with van der Waals surface area (Å²) in [7, 11) is 0. The van der Waals surface area contributed by atoms with Crippen LogP contribution in [0.4, 0.5) is 4.79 Å². The van der Waals surface area contributed by atoms with Crippen molar-refractivity contribution in [2.45, 2.75) is 6.92 Å². The van der Waals surface area contributed by atoms with Crippen molar-refractivity contribution >= 4 is 43.9 Å². The highest BCUT2D eigenvalue weighted by Crippen LogP contribution is 2.21. The second-order valence-corrected chi connectivity index (χ2v) is 6.47. The molecule has 1 saturated heterocycles. The van der Waals surface area contributed by atoms with Gasteiger partial charge in [-0.3, -0.25) is 4.79 Å². The van der Waals surface area contributed by atoms with Gasteiger partial charge in [-0.2, -0.15) is 0 Å². The Bertz CT molecular complexity index is 523. The van der Waals surface area contributed by atoms with Gasteiger partial charge in [-0.25, -0.2) is 4.79 Å². The first-order valence-electron chi connectivity index (χ1n) is 6.68. The molecule has 0 unspecified atom stereocenters. The number of amides is 2. The van der Waals surface area contributed by atoms with E-state index in [1.807, 2.05) is 6.07 Å². The third-order valence-corrected chi connectivity index (χ3v) is 4.12. The van der Waals surface area contributed by atoms with Crippen LogP contribution in [-0.2, 0) is 4.74 Å². The van der Waals surface area contributed by atoms with Crippen LogP contribution in [0.15, 0.2) is 27.1 Å². The molecule has 1 aliphatic heterocycles. The molecule has 2 rings (SSSR count). The van der Waals surface area contributed by atoms with Crippen LogP contribution < -0.4 is 0 Å². The molecule has 0 aliphatic carbocycles. The smallest absolute Gasteiger partial charge is 0.409 e. The molecule has 0 bridgehead atoms. The third kappa shape index (κ3) is 4.20. The summed E-state index contributed by atoms with van der Waals surface area (Å²) in [6, 6.07) is 5.48. The van der Waals surface area contributed by atoms with Crippen LogP contribution in [0.1, 0.15) is 17.3 Å². The summed E-state index contributed by atoms with van der Waals surface area (Å²) in [6.07, 6.45) is -0.310. The molecule has 5 nitrogen and oxygen atoms in total. The zero-order chi connectivity index (χ0) is 15.4. The highest BCUT2D eigenvalue weighted by atomic mass is 79.9. The summed E-state index contributed by atoms with van der Waals surface area (Å²) in [5.74, 6) is -0.0273. The maximum absolute atomic E-state index is 12.5. The number of halogens is 2. The predicted octanol–water partition coefficient (Wildman–Crippen LogP) is 3.13. The molecule has 0 atom stereocenters. The van der Waals surface area contributed by atoms with Crippen molar-refractivity contribution in [3.8, 4) is 0 Å². The molecule has 1 heterocycles. The molecule has 0 N–H and O–H groups in total. The molecule has 7 heteroatoms. The Morgan fingerprint density at radius 3 is 2.10 bits per heavy atom. The molecular formula is C14H16Br2N2O3. The number of carbonyl (C=O) groups is 2. The summed E-state index contributed by atoms with van der Waals surface area (Å²) in [6.45, 7) is 4.18. The van der Waals surface area contributed by atoms with Crippen LogP contribution in [0.25, 0.3) is 0 Å². The minimum absolute atomic E-state index is 0.0273. The highest BCUT2D eigenvalue weighted by molar-refractivity contribution is 9.11. The lowest BCUT2D eigenvalue weighted by atomic mass is 10.2. The molecule has 1 aromatic carbocycles. The average molecular weight is 420 g/mol. The van der Waals surface area contributed by atoms with Crippen molar-refractivity contribution in [3.63, 3.8) is 0 Å². The normalized spacial score (nSPS) is 15.0. The maximum Gasteiger partial charge on any atom is 0.409 e. The summed E-state index contributed by atoms with van der Waals surface area (Å²) in [5.41, 5.74) is 0.626. The second kappa shape index (κ2) is 7.26. The summed E-state index contributed by atoms with van der Waals surface area (Å²) < 4.78 is 6.67. The van der Waals surface area contributed by atoms with Crippen molar-refractivity contribution in [1.29, 1.82) is 0 Å². The van der Waals surface area contributed by atoms with Gasteiger partial charge in [-0.1, -0.05) is 31.9 Å². The largest absolute Gasteiger partial charge is 0.450 e. The van der Waals surface area contributed by atoms with Gasteiger partial charge in [-0.15, -0.1) is 0 Å². The summed E-state index contributed by atoms with van der Waals surface area (Å²) in [5, 5.41) is 0. The molecule has 21 heavy (non-hydrogen) atoms. The lowest BCUT2D eigenvalue weighted by molar-refractivity contribution is 0.0570. The fourth-order valence-electron chi connectivity index (χ4n) is 2.17. The number of hydrogen-bond donors (Lipinski definition) is 0. The van der Waals surface area contributed by atoms with Crippen LogP contribution in [0, 0.1) is 0 Å². The number of carbonyl (C=O) groups excluding carboxylic acids is 2. The van der Waals surface area contributed by atoms with Crippen molar-refractivity contribution < 1.29 is 14.3 Å². The molecule has 1 aromatic rings. The topological polar surface area (TPSA) is 49.9 Å². The monoisotopic (exact) mass is 418 g/mol. The molecular weight excluding hydrogens is 404 g/mol. The summed E-state index contributed by atoms with van der Waals surface area (Å²) >= 11 is 6.76. The van der Waals surface area contributed by atoms with Gasteiger partial charge in [-0.05, 0) is 25.1 Å². The lowest BCUT2D eigenvalue weighted by Gasteiger charge is -2.34. The van der Waals surface area contributed by atoms with Gasteiger partial charge in [0.2, 0.25) is 0 Å². The molecule has 0 aromatic heterocycles. The van der Waals surface area contributed by atoms with E-state index in [0.29, 0.717) is 38.3 Å². The zero-order valence-electron chi connectivity index (χ0n) is 11.6. The molecule has 2 amide bonds. The fraction of sp³-hybridized carbons (Fsp3) is 0.429. The Kier molecular flexibility index (Phi) is 5.64. The van der Waals surface area contributed by atoms with Crippen molar-refractivity contribution in [2.75, 3.05) is 32.8 Å². The third-order valence-electron chi connectivity index (χ3n) is 3.20. The van der Waals surface area contributed by atoms with E-state index in [1.165, 1.54) is 0 Å². The number of hydrogen-bond acceptors (Lipinski definition) is 3. The van der Waals surface area contributed by atoms with Gasteiger partial charge in [0.05, 0.1) is 6.61 Å². The number of rotatable bonds is 2. The van der Waals surface area contributed by atoms with Crippen molar-refractivity contribution in [2.24, 2.45) is 0 Å². The number of benzene rings is 1. The average Bonchev–Trinajstić information content (AvgIpc) is 2.46. The first-order valence-corrected chi connectivity index (χ1v) is 8.27. The van der Waals surface area contributed by atoms with E-state index < -0.39 is 0 Å². The fourth-order valence-corrected chi connectivity index (χ4v) is 3.46. The molecule has 1 aliphatic rings. The Morgan fingerprint density at radius 1 is 1.05 bits per heavy atom. The predicted molar refractivity (Wildman–Crippen MR) is 86.3 cm³/mol. The minimum Gasteiger partial charge on any atom is -0.450 e. The van der Waals surface area contributed by atoms with E-state index in [-0.39, 0.29) is 12.0 Å². The Morgan fingerprint density at radius 2 is 1.57 bits per heavy atom. The van der Waals surface area contributed by atoms with Gasteiger partial charge < -0.3 is 14.5 Å². The Labute approximate surface area is 140 Å². The Balaban J connectivity index is 1.98. The highest BCUT2D eigenvalue weighted by Gasteiger charge is 2.25. The maximum atomic E-state index is 12.5. The molecule has 0 saturated carbocycles. The minimum atomic E-state index is -0.310. The second-order valence-electron chi connectivity index (χ2n) is 4.64. The van der Waals surface area contributed by atoms with Crippen molar-refractivity contribution in [1.82, 2.24) is 9.80 Å². The summed E-state index contributed by atoms with van der Waals surface area (Å²) in [4.78, 5) is 27.5. The van der Waals surface area contributed by atoms with E-state index in [0.717, 1.165) is 8.95 Å². The van der Waals surface area contributed by atoms with Gasteiger partial charge in [0, 0.05) is 40.7 Å². The molecule has 0 spiro atoms. The van der Waals surface area contributed by atoms with E-state index in [1.54, 1.807) is 28.9 Å². The zero-order valence-corrected chi connectivity index (χ0v) is 14.8. The lowest BCUT2D eigenvalue weighted by Crippen LogP contribution is -2.50. The van der Waals surface area contributed by atoms with Gasteiger partial charge >= 0.3 is 6.09 Å². The molecule has 0 radical (unpaired) electrons. The molecule has 1 fully saturated rings. The van der Waals surface area contributed by atoms with Crippen LogP contribution in [0.3, 0.4) is 0 Å². The van der Waals surface area contributed by atoms with E-state index in [2.05, 4.69) is 31.9 Å². The van der Waals surface area contributed by atoms with Crippen LogP contribution in [0.5, 0.6) is 0 Å². The number of nitrogens with zero attached hydrogens (tertiary/aromatic N) is 2. The number of ether oxygens (including phenoxy) is 1. The first kappa shape index (κ1) is 16.3. The van der Waals surface area contributed by atoms with Gasteiger partial charge in [0.1, 0.15) is 0 Å². The van der Waals surface area contributed by atoms with Crippen molar-refractivity contribution in [3.05, 3.63) is 32.7 Å². The molecule has 114 valence electrons. The van der Waals surface area contributed by atoms with E-state index in [9.17, 15) is 9.59 Å². The van der Waals surface area contributed by atoms with Crippen LogP contribution in [-0.4, -0.2) is 54.6 Å². The quantitative estimate of drug-likeness (QED) is 0.739. The van der Waals surface area contributed by atoms with E-state index in [4.69, 9.17) is 4.74 Å². The van der Waals surface area contributed by atoms with Gasteiger partial charge in [0.25, 0.3) is 5.91 Å². The van der Waals surface area contributed by atoms with Crippen LogP contribution >= 0.6 is 31.9 Å². The Hall–Kier alpha value is -1.08. The SMILES string of the molecule is CCOC(=O)N1CCN(C(=O)c2cc(Br)cc(Br)c2)CC1. The number of piperazine rings is 1. The van der Waals surface area contributed by atoms with Crippen LogP contribution in [0.2, 0.25) is 0 Å².